The van der Waals surface area contributed by atoms with Crippen LogP contribution < -0.4 is 11.1 Å². The molecule has 1 aromatic carbocycles. The summed E-state index contributed by atoms with van der Waals surface area (Å²) in [5, 5.41) is 3.17. The minimum absolute atomic E-state index is 0.700. The third-order valence-electron chi connectivity index (χ3n) is 2.48. The molecule has 0 radical (unpaired) electrons. The van der Waals surface area contributed by atoms with Crippen molar-refractivity contribution in [2.45, 2.75) is 0 Å². The van der Waals surface area contributed by atoms with E-state index >= 15 is 0 Å². The first-order valence-electron chi connectivity index (χ1n) is 5.14. The normalized spacial score (nSPS) is 14.9. The summed E-state index contributed by atoms with van der Waals surface area (Å²) < 4.78 is 0. The van der Waals surface area contributed by atoms with E-state index in [2.05, 4.69) is 20.3 Å². The third kappa shape index (κ3) is 1.46. The van der Waals surface area contributed by atoms with Gasteiger partial charge in [0.2, 0.25) is 0 Å². The third-order valence-corrected chi connectivity index (χ3v) is 2.48. The molecule has 16 heavy (non-hydrogen) atoms. The second kappa shape index (κ2) is 3.44. The van der Waals surface area contributed by atoms with Crippen molar-refractivity contribution in [2.24, 2.45) is 4.99 Å². The predicted molar refractivity (Wildman–Crippen MR) is 63.4 cm³/mol. The van der Waals surface area contributed by atoms with Crippen LogP contribution in [0.2, 0.25) is 0 Å². The van der Waals surface area contributed by atoms with Crippen LogP contribution in [-0.2, 0) is 0 Å². The molecular weight excluding hydrogens is 202 g/mol. The Morgan fingerprint density at radius 2 is 2.19 bits per heavy atom. The van der Waals surface area contributed by atoms with E-state index in [0.717, 1.165) is 35.7 Å². The molecule has 1 aromatic heterocycles. The highest BCUT2D eigenvalue weighted by Gasteiger charge is 2.10. The number of nitrogens with one attached hydrogen (secondary N) is 1. The topological polar surface area (TPSA) is 76.2 Å². The smallest absolute Gasteiger partial charge is 0.149 e. The van der Waals surface area contributed by atoms with Crippen LogP contribution in [0.3, 0.4) is 0 Å². The molecule has 2 heterocycles. The monoisotopic (exact) mass is 213 g/mol. The van der Waals surface area contributed by atoms with Crippen LogP contribution >= 0.6 is 0 Å². The van der Waals surface area contributed by atoms with Gasteiger partial charge in [0.25, 0.3) is 0 Å². The molecule has 2 aromatic rings. The summed E-state index contributed by atoms with van der Waals surface area (Å²) in [5.74, 6) is 0.825. The van der Waals surface area contributed by atoms with Crippen LogP contribution in [0.1, 0.15) is 5.69 Å². The molecule has 3 rings (SSSR count). The molecule has 0 spiro atoms. The number of aliphatic imine (C=N–C) groups is 1. The number of benzene rings is 1. The van der Waals surface area contributed by atoms with E-state index in [4.69, 9.17) is 5.73 Å². The minimum atomic E-state index is 0.700. The fraction of sp³-hybridized carbons (Fsp3) is 0.182. The zero-order chi connectivity index (χ0) is 11.0. The Balaban J connectivity index is 2.12. The van der Waals surface area contributed by atoms with Gasteiger partial charge in [-0.1, -0.05) is 0 Å². The fourth-order valence-electron chi connectivity index (χ4n) is 1.71. The number of amidine groups is 1. The Morgan fingerprint density at radius 1 is 1.25 bits per heavy atom. The molecule has 0 saturated heterocycles. The van der Waals surface area contributed by atoms with Crippen molar-refractivity contribution < 1.29 is 0 Å². The quantitative estimate of drug-likeness (QED) is 0.679. The lowest BCUT2D eigenvalue weighted by molar-refractivity contribution is 0.958. The van der Waals surface area contributed by atoms with Crippen LogP contribution in [0.5, 0.6) is 0 Å². The van der Waals surface area contributed by atoms with E-state index in [9.17, 15) is 0 Å². The molecule has 0 unspecified atom stereocenters. The number of aromatic nitrogens is 2. The molecule has 0 atom stereocenters. The Hall–Kier alpha value is -2.17. The Bertz CT molecular complexity index is 576. The molecule has 5 heteroatoms. The molecule has 0 saturated carbocycles. The molecule has 1 aliphatic heterocycles. The molecule has 5 nitrogen and oxygen atoms in total. The van der Waals surface area contributed by atoms with E-state index in [1.807, 2.05) is 18.2 Å². The van der Waals surface area contributed by atoms with E-state index in [0.29, 0.717) is 5.69 Å². The van der Waals surface area contributed by atoms with Gasteiger partial charge in [0, 0.05) is 12.2 Å². The van der Waals surface area contributed by atoms with Gasteiger partial charge in [0.1, 0.15) is 11.5 Å². The number of hydrogen-bond acceptors (Lipinski definition) is 5. The number of nitrogens with zero attached hydrogens (tertiary/aromatic N) is 3. The van der Waals surface area contributed by atoms with Crippen molar-refractivity contribution in [3.8, 4) is 0 Å². The summed E-state index contributed by atoms with van der Waals surface area (Å²) in [6, 6.07) is 5.51. The van der Waals surface area contributed by atoms with E-state index in [1.54, 1.807) is 6.20 Å². The number of nitrogens with two attached hydrogens (primary N) is 1. The second-order valence-corrected chi connectivity index (χ2v) is 3.66. The lowest BCUT2D eigenvalue weighted by atomic mass is 10.2. The van der Waals surface area contributed by atoms with Gasteiger partial charge in [0.05, 0.1) is 23.8 Å². The van der Waals surface area contributed by atoms with Crippen molar-refractivity contribution in [3.63, 3.8) is 0 Å². The Kier molecular flexibility index (Phi) is 1.96. The van der Waals surface area contributed by atoms with E-state index in [1.165, 1.54) is 0 Å². The van der Waals surface area contributed by atoms with Gasteiger partial charge < -0.3 is 11.1 Å². The van der Waals surface area contributed by atoms with Gasteiger partial charge >= 0.3 is 0 Å². The molecule has 80 valence electrons. The average molecular weight is 213 g/mol. The molecule has 3 N–H and O–H groups in total. The van der Waals surface area contributed by atoms with Gasteiger partial charge in [-0.15, -0.1) is 0 Å². The van der Waals surface area contributed by atoms with Crippen LogP contribution in [0.25, 0.3) is 11.0 Å². The standard InChI is InChI=1S/C11H11N5/c12-7-1-2-8-9(5-7)15-6-10(16-8)11-13-3-4-14-11/h1-2,5-6H,3-4,12H2,(H,13,14). The highest BCUT2D eigenvalue weighted by Crippen LogP contribution is 2.13. The molecule has 0 amide bonds. The van der Waals surface area contributed by atoms with E-state index < -0.39 is 0 Å². The van der Waals surface area contributed by atoms with E-state index in [-0.39, 0.29) is 0 Å². The zero-order valence-electron chi connectivity index (χ0n) is 8.64. The van der Waals surface area contributed by atoms with Gasteiger partial charge in [-0.25, -0.2) is 4.98 Å². The molecule has 0 fully saturated rings. The summed E-state index contributed by atoms with van der Waals surface area (Å²) in [4.78, 5) is 13.1. The Morgan fingerprint density at radius 3 is 3.00 bits per heavy atom. The fourth-order valence-corrected chi connectivity index (χ4v) is 1.71. The molecule has 0 bridgehead atoms. The number of fused-ring (bicyclic) bond motifs is 1. The SMILES string of the molecule is Nc1ccc2nc(C3=NCCN3)cnc2c1. The first kappa shape index (κ1) is 9.08. The maximum Gasteiger partial charge on any atom is 0.149 e. The summed E-state index contributed by atoms with van der Waals surface area (Å²) in [5.41, 5.74) is 8.81. The summed E-state index contributed by atoms with van der Waals surface area (Å²) in [6.07, 6.45) is 1.72. The molecule has 1 aliphatic rings. The van der Waals surface area contributed by atoms with Crippen molar-refractivity contribution in [2.75, 3.05) is 18.8 Å². The maximum atomic E-state index is 5.68. The van der Waals surface area contributed by atoms with Crippen LogP contribution in [-0.4, -0.2) is 28.9 Å². The van der Waals surface area contributed by atoms with Crippen molar-refractivity contribution in [1.29, 1.82) is 0 Å². The lowest BCUT2D eigenvalue weighted by Gasteiger charge is -2.03. The largest absolute Gasteiger partial charge is 0.399 e. The highest BCUT2D eigenvalue weighted by atomic mass is 15.1. The lowest BCUT2D eigenvalue weighted by Crippen LogP contribution is -2.20. The Labute approximate surface area is 92.4 Å². The van der Waals surface area contributed by atoms with Gasteiger partial charge in [0.15, 0.2) is 0 Å². The van der Waals surface area contributed by atoms with Crippen molar-refractivity contribution >= 4 is 22.6 Å². The van der Waals surface area contributed by atoms with Crippen LogP contribution in [0.4, 0.5) is 5.69 Å². The summed E-state index contributed by atoms with van der Waals surface area (Å²) >= 11 is 0. The molecule has 0 aliphatic carbocycles. The maximum absolute atomic E-state index is 5.68. The first-order chi connectivity index (χ1) is 7.83. The van der Waals surface area contributed by atoms with Gasteiger partial charge in [-0.2, -0.15) is 0 Å². The second-order valence-electron chi connectivity index (χ2n) is 3.66. The van der Waals surface area contributed by atoms with Crippen molar-refractivity contribution in [3.05, 3.63) is 30.1 Å². The van der Waals surface area contributed by atoms with Crippen molar-refractivity contribution in [1.82, 2.24) is 15.3 Å². The minimum Gasteiger partial charge on any atom is -0.399 e. The molecular formula is C11H11N5. The predicted octanol–water partition coefficient (Wildman–Crippen LogP) is 0.562. The van der Waals surface area contributed by atoms with Crippen LogP contribution in [0.15, 0.2) is 29.4 Å². The highest BCUT2D eigenvalue weighted by molar-refractivity contribution is 5.99. The zero-order valence-corrected chi connectivity index (χ0v) is 8.64. The number of nitrogen functional groups attached to an aromatic ring is 1. The van der Waals surface area contributed by atoms with Gasteiger partial charge in [-0.05, 0) is 18.2 Å². The van der Waals surface area contributed by atoms with Gasteiger partial charge in [-0.3, -0.25) is 9.98 Å². The van der Waals surface area contributed by atoms with Crippen LogP contribution in [0, 0.1) is 0 Å². The average Bonchev–Trinajstić information content (AvgIpc) is 2.82. The summed E-state index contributed by atoms with van der Waals surface area (Å²) in [6.45, 7) is 1.67. The summed E-state index contributed by atoms with van der Waals surface area (Å²) in [7, 11) is 0. The number of rotatable bonds is 1. The number of anilines is 1. The number of hydrogen-bond donors (Lipinski definition) is 2. The first-order valence-corrected chi connectivity index (χ1v) is 5.14.